The number of nitrogens with one attached hydrogen (secondary N) is 2. The molecule has 2 aliphatic rings. The van der Waals surface area contributed by atoms with Gasteiger partial charge < -0.3 is 20.1 Å². The van der Waals surface area contributed by atoms with Gasteiger partial charge in [-0.3, -0.25) is 4.90 Å². The predicted molar refractivity (Wildman–Crippen MR) is 139 cm³/mol. The van der Waals surface area contributed by atoms with Crippen molar-refractivity contribution < 1.29 is 9.47 Å². The van der Waals surface area contributed by atoms with Crippen LogP contribution in [0.25, 0.3) is 0 Å². The van der Waals surface area contributed by atoms with Gasteiger partial charge in [-0.1, -0.05) is 24.3 Å². The van der Waals surface area contributed by atoms with E-state index >= 15 is 0 Å². The standard InChI is InChI=1S/C23H35N7O2.HI/c1-3-24-23(26-20-8-9-22-27-21(17-31-2)28-30(22)16-20)25-14-18-6-4-5-7-19(18)15-29-10-12-32-13-11-29;/h4-7,20H,3,8-17H2,1-2H3,(H2,24,25,26);1H. The van der Waals surface area contributed by atoms with Crippen LogP contribution in [0.3, 0.4) is 0 Å². The molecule has 1 aromatic heterocycles. The van der Waals surface area contributed by atoms with E-state index in [-0.39, 0.29) is 30.0 Å². The number of aromatic nitrogens is 3. The summed E-state index contributed by atoms with van der Waals surface area (Å²) in [6.07, 6.45) is 1.90. The molecule has 0 aliphatic carbocycles. The highest BCUT2D eigenvalue weighted by Gasteiger charge is 2.22. The molecule has 0 saturated carbocycles. The molecule has 2 N–H and O–H groups in total. The van der Waals surface area contributed by atoms with Gasteiger partial charge in [-0.05, 0) is 24.5 Å². The number of aliphatic imine (C=N–C) groups is 1. The molecule has 0 radical (unpaired) electrons. The molecule has 182 valence electrons. The number of methoxy groups -OCH3 is 1. The lowest BCUT2D eigenvalue weighted by molar-refractivity contribution is 0.0341. The van der Waals surface area contributed by atoms with Gasteiger partial charge in [0.15, 0.2) is 11.8 Å². The minimum atomic E-state index is 0. The van der Waals surface area contributed by atoms with Crippen molar-refractivity contribution >= 4 is 29.9 Å². The van der Waals surface area contributed by atoms with Crippen LogP contribution < -0.4 is 10.6 Å². The van der Waals surface area contributed by atoms with Crippen LogP contribution in [0.5, 0.6) is 0 Å². The molecule has 0 spiro atoms. The molecule has 1 aromatic carbocycles. The second-order valence-electron chi connectivity index (χ2n) is 8.29. The Kier molecular flexibility index (Phi) is 10.4. The first-order chi connectivity index (χ1) is 15.7. The number of ether oxygens (including phenoxy) is 2. The average Bonchev–Trinajstić information content (AvgIpc) is 3.21. The third kappa shape index (κ3) is 7.36. The Hall–Kier alpha value is -1.76. The molecule has 2 aromatic rings. The summed E-state index contributed by atoms with van der Waals surface area (Å²) in [6, 6.07) is 8.87. The molecule has 9 nitrogen and oxygen atoms in total. The summed E-state index contributed by atoms with van der Waals surface area (Å²) in [5, 5.41) is 11.6. The summed E-state index contributed by atoms with van der Waals surface area (Å²) in [7, 11) is 1.67. The fourth-order valence-electron chi connectivity index (χ4n) is 4.21. The summed E-state index contributed by atoms with van der Waals surface area (Å²) in [5.41, 5.74) is 2.60. The molecule has 33 heavy (non-hydrogen) atoms. The Morgan fingerprint density at radius 1 is 1.24 bits per heavy atom. The van der Waals surface area contributed by atoms with Crippen molar-refractivity contribution in [2.24, 2.45) is 4.99 Å². The summed E-state index contributed by atoms with van der Waals surface area (Å²) in [6.45, 7) is 9.34. The number of rotatable bonds is 8. The fraction of sp³-hybridized carbons (Fsp3) is 0.609. The lowest BCUT2D eigenvalue weighted by atomic mass is 10.1. The van der Waals surface area contributed by atoms with Gasteiger partial charge in [0.05, 0.1) is 26.3 Å². The van der Waals surface area contributed by atoms with E-state index in [1.165, 1.54) is 11.1 Å². The van der Waals surface area contributed by atoms with E-state index in [0.29, 0.717) is 13.2 Å². The average molecular weight is 569 g/mol. The summed E-state index contributed by atoms with van der Waals surface area (Å²) < 4.78 is 12.6. The zero-order valence-corrected chi connectivity index (χ0v) is 22.0. The summed E-state index contributed by atoms with van der Waals surface area (Å²) >= 11 is 0. The number of hydrogen-bond acceptors (Lipinski definition) is 6. The largest absolute Gasteiger partial charge is 0.379 e. The third-order valence-corrected chi connectivity index (χ3v) is 5.88. The van der Waals surface area contributed by atoms with Crippen LogP contribution in [0, 0.1) is 0 Å². The van der Waals surface area contributed by atoms with Gasteiger partial charge in [0.25, 0.3) is 0 Å². The maximum absolute atomic E-state index is 5.48. The Morgan fingerprint density at radius 2 is 2.03 bits per heavy atom. The molecule has 10 heteroatoms. The number of benzene rings is 1. The Balaban J connectivity index is 0.00000306. The van der Waals surface area contributed by atoms with Crippen molar-refractivity contribution in [2.45, 2.75) is 52.0 Å². The molecular formula is C23H36IN7O2. The number of aryl methyl sites for hydroxylation is 1. The van der Waals surface area contributed by atoms with E-state index in [1.807, 2.05) is 4.68 Å². The van der Waals surface area contributed by atoms with Crippen LogP contribution in [-0.2, 0) is 42.1 Å². The predicted octanol–water partition coefficient (Wildman–Crippen LogP) is 1.94. The van der Waals surface area contributed by atoms with Crippen LogP contribution in [0.15, 0.2) is 29.3 Å². The second-order valence-corrected chi connectivity index (χ2v) is 8.29. The Morgan fingerprint density at radius 3 is 2.79 bits per heavy atom. The van der Waals surface area contributed by atoms with Crippen LogP contribution >= 0.6 is 24.0 Å². The lowest BCUT2D eigenvalue weighted by Crippen LogP contribution is -2.47. The molecular weight excluding hydrogens is 533 g/mol. The molecule has 4 rings (SSSR count). The van der Waals surface area contributed by atoms with Crippen molar-refractivity contribution in [3.05, 3.63) is 47.0 Å². The van der Waals surface area contributed by atoms with Crippen LogP contribution in [-0.4, -0.2) is 71.6 Å². The van der Waals surface area contributed by atoms with Crippen molar-refractivity contribution in [2.75, 3.05) is 40.0 Å². The van der Waals surface area contributed by atoms with Crippen molar-refractivity contribution in [3.8, 4) is 0 Å². The fourth-order valence-corrected chi connectivity index (χ4v) is 4.21. The summed E-state index contributed by atoms with van der Waals surface area (Å²) in [5.74, 6) is 2.63. The molecule has 1 atom stereocenters. The second kappa shape index (κ2) is 13.2. The van der Waals surface area contributed by atoms with Crippen LogP contribution in [0.1, 0.15) is 36.1 Å². The SMILES string of the molecule is CCNC(=NCc1ccccc1CN1CCOCC1)NC1CCc2nc(COC)nn2C1.I. The van der Waals surface area contributed by atoms with Crippen molar-refractivity contribution in [1.29, 1.82) is 0 Å². The van der Waals surface area contributed by atoms with Crippen LogP contribution in [0.4, 0.5) is 0 Å². The molecule has 0 bridgehead atoms. The number of morpholine rings is 1. The van der Waals surface area contributed by atoms with Gasteiger partial charge in [0.2, 0.25) is 0 Å². The van der Waals surface area contributed by atoms with E-state index < -0.39 is 0 Å². The van der Waals surface area contributed by atoms with Crippen LogP contribution in [0.2, 0.25) is 0 Å². The number of fused-ring (bicyclic) bond motifs is 1. The van der Waals surface area contributed by atoms with Gasteiger partial charge in [-0.25, -0.2) is 14.7 Å². The smallest absolute Gasteiger partial charge is 0.191 e. The quantitative estimate of drug-likeness (QED) is 0.286. The molecule has 2 aliphatic heterocycles. The zero-order chi connectivity index (χ0) is 22.2. The third-order valence-electron chi connectivity index (χ3n) is 5.88. The van der Waals surface area contributed by atoms with E-state index in [2.05, 4.69) is 56.8 Å². The minimum Gasteiger partial charge on any atom is -0.379 e. The number of hydrogen-bond donors (Lipinski definition) is 2. The monoisotopic (exact) mass is 569 g/mol. The van der Waals surface area contributed by atoms with E-state index in [4.69, 9.17) is 14.5 Å². The first kappa shape index (κ1) is 25.9. The maximum Gasteiger partial charge on any atom is 0.191 e. The highest BCUT2D eigenvalue weighted by atomic mass is 127. The minimum absolute atomic E-state index is 0. The molecule has 1 unspecified atom stereocenters. The van der Waals surface area contributed by atoms with Gasteiger partial charge in [-0.15, -0.1) is 24.0 Å². The van der Waals surface area contributed by atoms with Gasteiger partial charge in [0, 0.05) is 45.8 Å². The Labute approximate surface area is 213 Å². The Bertz CT molecular complexity index is 899. The number of nitrogens with zero attached hydrogens (tertiary/aromatic N) is 5. The van der Waals surface area contributed by atoms with E-state index in [9.17, 15) is 0 Å². The first-order valence-corrected chi connectivity index (χ1v) is 11.6. The van der Waals surface area contributed by atoms with E-state index in [0.717, 1.165) is 76.4 Å². The van der Waals surface area contributed by atoms with E-state index in [1.54, 1.807) is 7.11 Å². The topological polar surface area (TPSA) is 88.8 Å². The lowest BCUT2D eigenvalue weighted by Gasteiger charge is -2.27. The normalized spacial score (nSPS) is 19.0. The zero-order valence-electron chi connectivity index (χ0n) is 19.6. The number of halogens is 1. The first-order valence-electron chi connectivity index (χ1n) is 11.6. The maximum atomic E-state index is 5.48. The summed E-state index contributed by atoms with van der Waals surface area (Å²) in [4.78, 5) is 11.9. The molecule has 1 saturated heterocycles. The van der Waals surface area contributed by atoms with Crippen molar-refractivity contribution in [3.63, 3.8) is 0 Å². The molecule has 3 heterocycles. The van der Waals surface area contributed by atoms with Gasteiger partial charge >= 0.3 is 0 Å². The molecule has 0 amide bonds. The van der Waals surface area contributed by atoms with Gasteiger partial charge in [0.1, 0.15) is 12.4 Å². The molecule has 1 fully saturated rings. The van der Waals surface area contributed by atoms with Gasteiger partial charge in [-0.2, -0.15) is 5.10 Å². The number of guanidine groups is 1. The highest BCUT2D eigenvalue weighted by Crippen LogP contribution is 2.15. The van der Waals surface area contributed by atoms with Crippen molar-refractivity contribution in [1.82, 2.24) is 30.3 Å². The highest BCUT2D eigenvalue weighted by molar-refractivity contribution is 14.0.